The van der Waals surface area contributed by atoms with Crippen molar-refractivity contribution in [2.75, 3.05) is 20.2 Å². The van der Waals surface area contributed by atoms with E-state index in [9.17, 15) is 14.4 Å². The molecule has 2 N–H and O–H groups in total. The van der Waals surface area contributed by atoms with Gasteiger partial charge in [0.25, 0.3) is 5.91 Å². The zero-order chi connectivity index (χ0) is 19.3. The number of carbonyl (C=O) groups excluding carboxylic acids is 3. The molecule has 4 amide bonds. The molecule has 1 fully saturated rings. The van der Waals surface area contributed by atoms with Gasteiger partial charge < -0.3 is 15.4 Å². The Kier molecular flexibility index (Phi) is 6.23. The van der Waals surface area contributed by atoms with E-state index in [0.717, 1.165) is 16.9 Å². The Bertz CT molecular complexity index is 700. The summed E-state index contributed by atoms with van der Waals surface area (Å²) >= 11 is 0. The van der Waals surface area contributed by atoms with Crippen molar-refractivity contribution in [3.8, 4) is 5.75 Å². The van der Waals surface area contributed by atoms with Crippen molar-refractivity contribution in [2.45, 2.75) is 45.6 Å². The molecule has 7 heteroatoms. The third kappa shape index (κ3) is 4.74. The van der Waals surface area contributed by atoms with Crippen molar-refractivity contribution >= 4 is 17.8 Å². The van der Waals surface area contributed by atoms with Gasteiger partial charge >= 0.3 is 6.03 Å². The molecule has 0 atom stereocenters. The summed E-state index contributed by atoms with van der Waals surface area (Å²) in [6, 6.07) is 5.56. The normalized spacial score (nSPS) is 15.8. The van der Waals surface area contributed by atoms with Crippen LogP contribution in [0.3, 0.4) is 0 Å². The molecule has 0 saturated carbocycles. The lowest BCUT2D eigenvalue weighted by atomic mass is 10.1. The first kappa shape index (κ1) is 19.8. The second-order valence-corrected chi connectivity index (χ2v) is 7.03. The molecular weight excluding hydrogens is 334 g/mol. The molecule has 2 rings (SSSR count). The molecule has 0 aromatic heterocycles. The Morgan fingerprint density at radius 1 is 1.31 bits per heavy atom. The summed E-state index contributed by atoms with van der Waals surface area (Å²) in [5.41, 5.74) is 1.32. The summed E-state index contributed by atoms with van der Waals surface area (Å²) in [5.74, 6) is 0.461. The van der Waals surface area contributed by atoms with Crippen LogP contribution in [0.25, 0.3) is 0 Å². The van der Waals surface area contributed by atoms with Crippen LogP contribution in [-0.4, -0.2) is 48.5 Å². The molecule has 26 heavy (non-hydrogen) atoms. The van der Waals surface area contributed by atoms with E-state index in [4.69, 9.17) is 4.74 Å². The van der Waals surface area contributed by atoms with Crippen LogP contribution in [0.5, 0.6) is 5.75 Å². The number of nitrogens with zero attached hydrogens (tertiary/aromatic N) is 1. The van der Waals surface area contributed by atoms with E-state index in [0.29, 0.717) is 19.4 Å². The van der Waals surface area contributed by atoms with Gasteiger partial charge in [-0.25, -0.2) is 4.79 Å². The predicted octanol–water partition coefficient (Wildman–Crippen LogP) is 1.77. The topological polar surface area (TPSA) is 87.7 Å². The summed E-state index contributed by atoms with van der Waals surface area (Å²) in [6.45, 7) is 6.10. The molecule has 0 radical (unpaired) electrons. The van der Waals surface area contributed by atoms with Gasteiger partial charge in [0.1, 0.15) is 11.3 Å². The van der Waals surface area contributed by atoms with E-state index in [2.05, 4.69) is 10.6 Å². The van der Waals surface area contributed by atoms with Crippen LogP contribution >= 0.6 is 0 Å². The highest BCUT2D eigenvalue weighted by Crippen LogP contribution is 2.20. The highest BCUT2D eigenvalue weighted by atomic mass is 16.5. The number of benzene rings is 1. The number of hydrogen-bond acceptors (Lipinski definition) is 4. The van der Waals surface area contributed by atoms with Gasteiger partial charge in [-0.3, -0.25) is 14.5 Å². The lowest BCUT2D eigenvalue weighted by molar-refractivity contribution is -0.130. The molecule has 1 saturated heterocycles. The molecule has 1 heterocycles. The Morgan fingerprint density at radius 2 is 2.04 bits per heavy atom. The van der Waals surface area contributed by atoms with Crippen LogP contribution in [-0.2, 0) is 16.0 Å². The third-order valence-electron chi connectivity index (χ3n) is 4.38. The minimum atomic E-state index is -0.869. The molecule has 0 bridgehead atoms. The fourth-order valence-electron chi connectivity index (χ4n) is 2.95. The summed E-state index contributed by atoms with van der Waals surface area (Å²) < 4.78 is 5.33. The zero-order valence-corrected chi connectivity index (χ0v) is 15.8. The molecular formula is C19H27N3O4. The fourth-order valence-corrected chi connectivity index (χ4v) is 2.95. The summed E-state index contributed by atoms with van der Waals surface area (Å²) in [5, 5.41) is 5.49. The number of methoxy groups -OCH3 is 1. The first-order valence-corrected chi connectivity index (χ1v) is 8.79. The molecule has 1 aliphatic rings. The van der Waals surface area contributed by atoms with Gasteiger partial charge in [-0.1, -0.05) is 17.7 Å². The van der Waals surface area contributed by atoms with Crippen LogP contribution in [0.1, 0.15) is 37.8 Å². The van der Waals surface area contributed by atoms with Gasteiger partial charge in [-0.05, 0) is 45.2 Å². The second-order valence-electron chi connectivity index (χ2n) is 7.03. The van der Waals surface area contributed by atoms with Crippen molar-refractivity contribution in [3.05, 3.63) is 29.3 Å². The van der Waals surface area contributed by atoms with Crippen molar-refractivity contribution < 1.29 is 19.1 Å². The van der Waals surface area contributed by atoms with Crippen molar-refractivity contribution in [1.29, 1.82) is 0 Å². The lowest BCUT2D eigenvalue weighted by Gasteiger charge is -2.15. The van der Waals surface area contributed by atoms with E-state index >= 15 is 0 Å². The number of amides is 4. The number of ether oxygens (including phenoxy) is 1. The van der Waals surface area contributed by atoms with Gasteiger partial charge in [0, 0.05) is 19.5 Å². The maximum atomic E-state index is 12.1. The summed E-state index contributed by atoms with van der Waals surface area (Å²) in [7, 11) is 1.63. The quantitative estimate of drug-likeness (QED) is 0.691. The highest BCUT2D eigenvalue weighted by Gasteiger charge is 2.43. The fraction of sp³-hybridized carbons (Fsp3) is 0.526. The molecule has 0 aliphatic carbocycles. The summed E-state index contributed by atoms with van der Waals surface area (Å²) in [4.78, 5) is 37.0. The van der Waals surface area contributed by atoms with Crippen molar-refractivity contribution in [1.82, 2.24) is 15.5 Å². The summed E-state index contributed by atoms with van der Waals surface area (Å²) in [6.07, 6.45) is 1.38. The number of imide groups is 1. The third-order valence-corrected chi connectivity index (χ3v) is 4.38. The van der Waals surface area contributed by atoms with Crippen LogP contribution in [0.2, 0.25) is 0 Å². The highest BCUT2D eigenvalue weighted by molar-refractivity contribution is 6.06. The minimum absolute atomic E-state index is 0.0945. The first-order valence-electron chi connectivity index (χ1n) is 8.79. The van der Waals surface area contributed by atoms with Gasteiger partial charge in [0.15, 0.2) is 0 Å². The number of aryl methyl sites for hydroxylation is 1. The molecule has 1 aromatic carbocycles. The number of hydrogen-bond donors (Lipinski definition) is 2. The van der Waals surface area contributed by atoms with E-state index in [1.54, 1.807) is 21.0 Å². The monoisotopic (exact) mass is 361 g/mol. The molecule has 7 nitrogen and oxygen atoms in total. The van der Waals surface area contributed by atoms with E-state index in [1.165, 1.54) is 4.90 Å². The van der Waals surface area contributed by atoms with Crippen LogP contribution in [0.4, 0.5) is 4.79 Å². The van der Waals surface area contributed by atoms with Crippen LogP contribution < -0.4 is 15.4 Å². The second kappa shape index (κ2) is 8.21. The Morgan fingerprint density at radius 3 is 2.65 bits per heavy atom. The smallest absolute Gasteiger partial charge is 0.325 e. The predicted molar refractivity (Wildman–Crippen MR) is 98.0 cm³/mol. The van der Waals surface area contributed by atoms with E-state index in [-0.39, 0.29) is 24.8 Å². The van der Waals surface area contributed by atoms with Gasteiger partial charge in [-0.15, -0.1) is 0 Å². The molecule has 1 aliphatic heterocycles. The average molecular weight is 361 g/mol. The van der Waals surface area contributed by atoms with E-state index in [1.807, 2.05) is 25.1 Å². The minimum Gasteiger partial charge on any atom is -0.496 e. The number of carbonyl (C=O) groups is 3. The lowest BCUT2D eigenvalue weighted by Crippen LogP contribution is -2.40. The SMILES string of the molecule is COc1ccc(C)cc1CCNC(=O)CCCN1C(=O)NC(C)(C)C1=O. The Labute approximate surface area is 154 Å². The average Bonchev–Trinajstić information content (AvgIpc) is 2.76. The maximum Gasteiger partial charge on any atom is 0.325 e. The first-order chi connectivity index (χ1) is 12.2. The van der Waals surface area contributed by atoms with Gasteiger partial charge in [0.05, 0.1) is 7.11 Å². The van der Waals surface area contributed by atoms with Crippen LogP contribution in [0, 0.1) is 6.92 Å². The molecule has 0 unspecified atom stereocenters. The van der Waals surface area contributed by atoms with Gasteiger partial charge in [0.2, 0.25) is 5.91 Å². The molecule has 0 spiro atoms. The maximum absolute atomic E-state index is 12.1. The van der Waals surface area contributed by atoms with Crippen molar-refractivity contribution in [3.63, 3.8) is 0 Å². The number of urea groups is 1. The Balaban J connectivity index is 1.72. The molecule has 1 aromatic rings. The number of nitrogens with one attached hydrogen (secondary N) is 2. The standard InChI is InChI=1S/C19H27N3O4/c1-13-7-8-15(26-4)14(12-13)9-10-20-16(23)6-5-11-22-17(24)19(2,3)21-18(22)25/h7-8,12H,5-6,9-11H2,1-4H3,(H,20,23)(H,21,25). The zero-order valence-electron chi connectivity index (χ0n) is 15.8. The van der Waals surface area contributed by atoms with Gasteiger partial charge in [-0.2, -0.15) is 0 Å². The Hall–Kier alpha value is -2.57. The van der Waals surface area contributed by atoms with E-state index < -0.39 is 11.6 Å². The largest absolute Gasteiger partial charge is 0.496 e. The van der Waals surface area contributed by atoms with Crippen molar-refractivity contribution in [2.24, 2.45) is 0 Å². The number of rotatable bonds is 8. The molecule has 142 valence electrons. The van der Waals surface area contributed by atoms with Crippen LogP contribution in [0.15, 0.2) is 18.2 Å².